The van der Waals surface area contributed by atoms with Crippen molar-refractivity contribution in [3.05, 3.63) is 70.2 Å². The third-order valence-corrected chi connectivity index (χ3v) is 3.98. The lowest BCUT2D eigenvalue weighted by molar-refractivity contribution is 0.307. The summed E-state index contributed by atoms with van der Waals surface area (Å²) in [6.45, 7) is 2.51. The fourth-order valence-corrected chi connectivity index (χ4v) is 3.11. The van der Waals surface area contributed by atoms with Gasteiger partial charge in [0.05, 0.1) is 5.69 Å². The van der Waals surface area contributed by atoms with E-state index in [0.717, 1.165) is 21.3 Å². The fraction of sp³-hybridized carbons (Fsp3) is 0.111. The van der Waals surface area contributed by atoms with Gasteiger partial charge in [-0.1, -0.05) is 58.4 Å². The minimum absolute atomic E-state index is 0.508. The average molecular weight is 342 g/mol. The molecule has 0 aromatic heterocycles. The number of nitrogens with two attached hydrogens (primary N) is 1. The van der Waals surface area contributed by atoms with E-state index in [1.807, 2.05) is 31.2 Å². The third kappa shape index (κ3) is 2.88. The van der Waals surface area contributed by atoms with E-state index in [2.05, 4.69) is 46.3 Å². The molecule has 2 nitrogen and oxygen atoms in total. The number of rotatable bonds is 3. The van der Waals surface area contributed by atoms with Crippen molar-refractivity contribution in [1.29, 1.82) is 0 Å². The van der Waals surface area contributed by atoms with Crippen LogP contribution in [-0.2, 0) is 6.61 Å². The Morgan fingerprint density at radius 1 is 1.05 bits per heavy atom. The summed E-state index contributed by atoms with van der Waals surface area (Å²) >= 11 is 3.44. The van der Waals surface area contributed by atoms with Crippen molar-refractivity contribution in [2.45, 2.75) is 13.5 Å². The molecule has 0 unspecified atom stereocenters. The van der Waals surface area contributed by atoms with Crippen LogP contribution >= 0.6 is 15.9 Å². The standard InChI is InChI=1S/C18H16BrNO/c1-12-9-15(19)10-17(20)18(12)21-11-14-7-4-6-13-5-2-3-8-16(13)14/h2-10H,11,20H2,1H3. The molecule has 0 spiro atoms. The topological polar surface area (TPSA) is 35.2 Å². The Hall–Kier alpha value is -2.00. The monoisotopic (exact) mass is 341 g/mol. The number of ether oxygens (including phenoxy) is 1. The van der Waals surface area contributed by atoms with Gasteiger partial charge in [0.25, 0.3) is 0 Å². The Balaban J connectivity index is 1.91. The molecule has 0 aliphatic heterocycles. The van der Waals surface area contributed by atoms with Crippen LogP contribution in [0.1, 0.15) is 11.1 Å². The van der Waals surface area contributed by atoms with Gasteiger partial charge in [-0.3, -0.25) is 0 Å². The Morgan fingerprint density at radius 3 is 2.62 bits per heavy atom. The first-order valence-corrected chi connectivity index (χ1v) is 7.59. The second kappa shape index (κ2) is 5.78. The zero-order chi connectivity index (χ0) is 14.8. The SMILES string of the molecule is Cc1cc(Br)cc(N)c1OCc1cccc2ccccc12. The normalized spacial score (nSPS) is 10.8. The lowest BCUT2D eigenvalue weighted by Gasteiger charge is -2.13. The molecule has 0 radical (unpaired) electrons. The van der Waals surface area contributed by atoms with Crippen LogP contribution in [-0.4, -0.2) is 0 Å². The number of aryl methyl sites for hydroxylation is 1. The average Bonchev–Trinajstić information content (AvgIpc) is 2.46. The number of anilines is 1. The van der Waals surface area contributed by atoms with Gasteiger partial charge < -0.3 is 10.5 Å². The van der Waals surface area contributed by atoms with Crippen molar-refractivity contribution in [2.75, 3.05) is 5.73 Å². The molecule has 2 N–H and O–H groups in total. The Labute approximate surface area is 132 Å². The summed E-state index contributed by atoms with van der Waals surface area (Å²) in [7, 11) is 0. The smallest absolute Gasteiger partial charge is 0.145 e. The molecule has 0 saturated heterocycles. The van der Waals surface area contributed by atoms with Crippen molar-refractivity contribution in [3.63, 3.8) is 0 Å². The Morgan fingerprint density at radius 2 is 1.81 bits per heavy atom. The summed E-state index contributed by atoms with van der Waals surface area (Å²) in [5.41, 5.74) is 8.89. The van der Waals surface area contributed by atoms with E-state index >= 15 is 0 Å². The molecule has 0 heterocycles. The highest BCUT2D eigenvalue weighted by molar-refractivity contribution is 9.10. The van der Waals surface area contributed by atoms with E-state index in [4.69, 9.17) is 10.5 Å². The lowest BCUT2D eigenvalue weighted by atomic mass is 10.1. The molecular weight excluding hydrogens is 326 g/mol. The minimum Gasteiger partial charge on any atom is -0.486 e. The van der Waals surface area contributed by atoms with E-state index in [9.17, 15) is 0 Å². The van der Waals surface area contributed by atoms with E-state index in [-0.39, 0.29) is 0 Å². The molecule has 0 atom stereocenters. The molecule has 0 amide bonds. The molecular formula is C18H16BrNO. The molecule has 0 aliphatic rings. The van der Waals surface area contributed by atoms with Crippen molar-refractivity contribution in [1.82, 2.24) is 0 Å². The van der Waals surface area contributed by atoms with Gasteiger partial charge in [-0.15, -0.1) is 0 Å². The van der Waals surface area contributed by atoms with Crippen LogP contribution in [0, 0.1) is 6.92 Å². The minimum atomic E-state index is 0.508. The molecule has 3 heteroatoms. The van der Waals surface area contributed by atoms with E-state index < -0.39 is 0 Å². The molecule has 21 heavy (non-hydrogen) atoms. The number of halogens is 1. The molecule has 0 bridgehead atoms. The summed E-state index contributed by atoms with van der Waals surface area (Å²) in [5, 5.41) is 2.44. The van der Waals surface area contributed by atoms with Crippen LogP contribution in [0.5, 0.6) is 5.75 Å². The number of hydrogen-bond donors (Lipinski definition) is 1. The van der Waals surface area contributed by atoms with Crippen LogP contribution in [0.2, 0.25) is 0 Å². The summed E-state index contributed by atoms with van der Waals surface area (Å²) in [6.07, 6.45) is 0. The second-order valence-corrected chi connectivity index (χ2v) is 5.98. The summed E-state index contributed by atoms with van der Waals surface area (Å²) in [5.74, 6) is 0.756. The highest BCUT2D eigenvalue weighted by atomic mass is 79.9. The largest absolute Gasteiger partial charge is 0.486 e. The van der Waals surface area contributed by atoms with Gasteiger partial charge in [0.15, 0.2) is 0 Å². The molecule has 3 aromatic carbocycles. The maximum atomic E-state index is 6.04. The van der Waals surface area contributed by atoms with Crippen LogP contribution in [0.15, 0.2) is 59.1 Å². The van der Waals surface area contributed by atoms with Crippen LogP contribution in [0.4, 0.5) is 5.69 Å². The third-order valence-electron chi connectivity index (χ3n) is 3.52. The van der Waals surface area contributed by atoms with Crippen LogP contribution in [0.3, 0.4) is 0 Å². The van der Waals surface area contributed by atoms with E-state index in [0.29, 0.717) is 12.3 Å². The zero-order valence-electron chi connectivity index (χ0n) is 11.8. The predicted molar refractivity (Wildman–Crippen MR) is 91.6 cm³/mol. The Bertz CT molecular complexity index is 770. The quantitative estimate of drug-likeness (QED) is 0.674. The molecule has 0 saturated carbocycles. The van der Waals surface area contributed by atoms with E-state index in [1.54, 1.807) is 0 Å². The van der Waals surface area contributed by atoms with Crippen molar-refractivity contribution >= 4 is 32.4 Å². The summed E-state index contributed by atoms with van der Waals surface area (Å²) in [6, 6.07) is 18.4. The summed E-state index contributed by atoms with van der Waals surface area (Å²) in [4.78, 5) is 0. The molecule has 106 valence electrons. The van der Waals surface area contributed by atoms with E-state index in [1.165, 1.54) is 10.8 Å². The number of fused-ring (bicyclic) bond motifs is 1. The van der Waals surface area contributed by atoms with Crippen LogP contribution in [0.25, 0.3) is 10.8 Å². The number of hydrogen-bond acceptors (Lipinski definition) is 2. The Kier molecular flexibility index (Phi) is 3.84. The molecule has 3 aromatic rings. The van der Waals surface area contributed by atoms with Gasteiger partial charge in [0, 0.05) is 4.47 Å². The first-order valence-electron chi connectivity index (χ1n) is 6.80. The number of nitrogen functional groups attached to an aromatic ring is 1. The van der Waals surface area contributed by atoms with Crippen molar-refractivity contribution in [2.24, 2.45) is 0 Å². The molecule has 0 fully saturated rings. The van der Waals surface area contributed by atoms with Crippen molar-refractivity contribution in [3.8, 4) is 5.75 Å². The van der Waals surface area contributed by atoms with Gasteiger partial charge in [0.2, 0.25) is 0 Å². The number of benzene rings is 3. The predicted octanol–water partition coefficient (Wildman–Crippen LogP) is 5.07. The van der Waals surface area contributed by atoms with Crippen molar-refractivity contribution < 1.29 is 4.74 Å². The summed E-state index contributed by atoms with van der Waals surface area (Å²) < 4.78 is 6.94. The van der Waals surface area contributed by atoms with Gasteiger partial charge in [-0.2, -0.15) is 0 Å². The van der Waals surface area contributed by atoms with Gasteiger partial charge in [-0.25, -0.2) is 0 Å². The maximum absolute atomic E-state index is 6.04. The zero-order valence-corrected chi connectivity index (χ0v) is 13.4. The highest BCUT2D eigenvalue weighted by Crippen LogP contribution is 2.31. The first kappa shape index (κ1) is 14.0. The fourth-order valence-electron chi connectivity index (χ4n) is 2.52. The highest BCUT2D eigenvalue weighted by Gasteiger charge is 2.08. The second-order valence-electron chi connectivity index (χ2n) is 5.07. The maximum Gasteiger partial charge on any atom is 0.145 e. The lowest BCUT2D eigenvalue weighted by Crippen LogP contribution is -2.01. The van der Waals surface area contributed by atoms with Crippen LogP contribution < -0.4 is 10.5 Å². The first-order chi connectivity index (χ1) is 10.1. The van der Waals surface area contributed by atoms with Gasteiger partial charge >= 0.3 is 0 Å². The molecule has 3 rings (SSSR count). The molecule has 0 aliphatic carbocycles. The van der Waals surface area contributed by atoms with Gasteiger partial charge in [0.1, 0.15) is 12.4 Å². The van der Waals surface area contributed by atoms with Gasteiger partial charge in [-0.05, 0) is 41.0 Å².